The number of rotatable bonds is 10. The number of carbonyl (C=O) groups excluding carboxylic acids is 3. The highest BCUT2D eigenvalue weighted by atomic mass is 16.7. The van der Waals surface area contributed by atoms with Crippen LogP contribution in [0, 0.1) is 5.92 Å². The van der Waals surface area contributed by atoms with E-state index in [1.165, 1.54) is 6.92 Å². The second-order valence-corrected chi connectivity index (χ2v) is 8.47. The lowest BCUT2D eigenvalue weighted by Gasteiger charge is -2.30. The molecule has 176 valence electrons. The Kier molecular flexibility index (Phi) is 8.46. The summed E-state index contributed by atoms with van der Waals surface area (Å²) < 4.78 is 16.1. The summed E-state index contributed by atoms with van der Waals surface area (Å²) in [6.07, 6.45) is 2.42. The Balaban J connectivity index is 1.42. The first-order valence-electron chi connectivity index (χ1n) is 11.2. The standard InChI is InChI=1S/C23H33N3O6/c1-15(2)30-10-4-7-24-23(29)17-5-8-26(9-6-17)13-22(28)25-19-12-21-20(31-14-32-21)11-18(19)16(3)27/h11-12,15,17H,4-10,13-14H2,1-3H3,(H,24,29)(H,25,28). The molecule has 9 nitrogen and oxygen atoms in total. The molecule has 2 aliphatic rings. The second kappa shape index (κ2) is 11.3. The van der Waals surface area contributed by atoms with E-state index in [9.17, 15) is 14.4 Å². The highest BCUT2D eigenvalue weighted by Gasteiger charge is 2.26. The number of hydrogen-bond donors (Lipinski definition) is 2. The monoisotopic (exact) mass is 447 g/mol. The molecule has 1 saturated heterocycles. The largest absolute Gasteiger partial charge is 0.454 e. The molecular weight excluding hydrogens is 414 g/mol. The number of carbonyl (C=O) groups is 3. The zero-order valence-electron chi connectivity index (χ0n) is 19.1. The van der Waals surface area contributed by atoms with Crippen LogP contribution in [-0.2, 0) is 14.3 Å². The number of hydrogen-bond acceptors (Lipinski definition) is 7. The number of likely N-dealkylation sites (tertiary alicyclic amines) is 1. The van der Waals surface area contributed by atoms with Gasteiger partial charge in [0.05, 0.1) is 18.3 Å². The van der Waals surface area contributed by atoms with Gasteiger partial charge in [-0.2, -0.15) is 0 Å². The second-order valence-electron chi connectivity index (χ2n) is 8.47. The summed E-state index contributed by atoms with van der Waals surface area (Å²) in [5.41, 5.74) is 0.805. The number of amides is 2. The fraction of sp³-hybridized carbons (Fsp3) is 0.609. The molecule has 2 aliphatic heterocycles. The number of anilines is 1. The zero-order valence-corrected chi connectivity index (χ0v) is 19.1. The Hall–Kier alpha value is -2.65. The molecule has 0 aliphatic carbocycles. The fourth-order valence-corrected chi connectivity index (χ4v) is 3.83. The van der Waals surface area contributed by atoms with Gasteiger partial charge < -0.3 is 24.8 Å². The molecule has 0 bridgehead atoms. The minimum atomic E-state index is -0.209. The van der Waals surface area contributed by atoms with Crippen LogP contribution in [0.25, 0.3) is 0 Å². The highest BCUT2D eigenvalue weighted by Crippen LogP contribution is 2.37. The number of Topliss-reactive ketones (excluding diaryl/α,β-unsaturated/α-hetero) is 1. The van der Waals surface area contributed by atoms with Gasteiger partial charge in [0.25, 0.3) is 0 Å². The summed E-state index contributed by atoms with van der Waals surface area (Å²) in [6, 6.07) is 3.22. The van der Waals surface area contributed by atoms with Crippen LogP contribution >= 0.6 is 0 Å². The Bertz CT molecular complexity index is 833. The molecule has 9 heteroatoms. The fourth-order valence-electron chi connectivity index (χ4n) is 3.83. The number of piperidine rings is 1. The average molecular weight is 448 g/mol. The van der Waals surface area contributed by atoms with Crippen molar-refractivity contribution in [1.29, 1.82) is 0 Å². The SMILES string of the molecule is CC(=O)c1cc2c(cc1NC(=O)CN1CCC(C(=O)NCCCOC(C)C)CC1)OCO2. The van der Waals surface area contributed by atoms with Gasteiger partial charge >= 0.3 is 0 Å². The van der Waals surface area contributed by atoms with E-state index in [0.717, 1.165) is 6.42 Å². The summed E-state index contributed by atoms with van der Waals surface area (Å²) in [7, 11) is 0. The van der Waals surface area contributed by atoms with Crippen molar-refractivity contribution in [3.8, 4) is 11.5 Å². The maximum Gasteiger partial charge on any atom is 0.238 e. The summed E-state index contributed by atoms with van der Waals surface area (Å²) in [5, 5.41) is 5.80. The number of nitrogens with zero attached hydrogens (tertiary/aromatic N) is 1. The van der Waals surface area contributed by atoms with E-state index in [-0.39, 0.29) is 43.0 Å². The normalized spacial score (nSPS) is 16.2. The van der Waals surface area contributed by atoms with Crippen molar-refractivity contribution in [1.82, 2.24) is 10.2 Å². The first kappa shape index (κ1) is 24.0. The molecule has 0 spiro atoms. The molecule has 1 fully saturated rings. The molecule has 2 heterocycles. The van der Waals surface area contributed by atoms with E-state index in [1.54, 1.807) is 12.1 Å². The van der Waals surface area contributed by atoms with Crippen molar-refractivity contribution < 1.29 is 28.6 Å². The maximum atomic E-state index is 12.6. The predicted molar refractivity (Wildman–Crippen MR) is 119 cm³/mol. The number of benzene rings is 1. The van der Waals surface area contributed by atoms with Crippen molar-refractivity contribution in [2.24, 2.45) is 5.92 Å². The smallest absolute Gasteiger partial charge is 0.238 e. The lowest BCUT2D eigenvalue weighted by atomic mass is 9.96. The number of ketones is 1. The van der Waals surface area contributed by atoms with Gasteiger partial charge in [-0.15, -0.1) is 0 Å². The molecule has 0 atom stereocenters. The maximum absolute atomic E-state index is 12.6. The third kappa shape index (κ3) is 6.67. The zero-order chi connectivity index (χ0) is 23.1. The van der Waals surface area contributed by atoms with E-state index in [0.29, 0.717) is 61.8 Å². The van der Waals surface area contributed by atoms with Crippen LogP contribution in [-0.4, -0.2) is 68.2 Å². The van der Waals surface area contributed by atoms with Crippen molar-refractivity contribution in [3.63, 3.8) is 0 Å². The van der Waals surface area contributed by atoms with E-state index in [4.69, 9.17) is 14.2 Å². The molecule has 0 saturated carbocycles. The third-order valence-corrected chi connectivity index (χ3v) is 5.56. The van der Waals surface area contributed by atoms with Crippen LogP contribution < -0.4 is 20.1 Å². The minimum absolute atomic E-state index is 0.0292. The van der Waals surface area contributed by atoms with E-state index in [2.05, 4.69) is 10.6 Å². The first-order chi connectivity index (χ1) is 15.3. The lowest BCUT2D eigenvalue weighted by molar-refractivity contribution is -0.126. The molecule has 1 aromatic rings. The Labute approximate surface area is 188 Å². The number of fused-ring (bicyclic) bond motifs is 1. The number of nitrogens with one attached hydrogen (secondary N) is 2. The number of ether oxygens (including phenoxy) is 3. The summed E-state index contributed by atoms with van der Waals surface area (Å²) in [4.78, 5) is 38.9. The summed E-state index contributed by atoms with van der Waals surface area (Å²) in [6.45, 7) is 8.31. The van der Waals surface area contributed by atoms with Gasteiger partial charge in [0, 0.05) is 30.7 Å². The van der Waals surface area contributed by atoms with Crippen LogP contribution in [0.15, 0.2) is 12.1 Å². The predicted octanol–water partition coefficient (Wildman–Crippen LogP) is 2.20. The summed E-state index contributed by atoms with van der Waals surface area (Å²) >= 11 is 0. The van der Waals surface area contributed by atoms with Crippen molar-refractivity contribution >= 4 is 23.3 Å². The van der Waals surface area contributed by atoms with E-state index >= 15 is 0 Å². The molecule has 32 heavy (non-hydrogen) atoms. The minimum Gasteiger partial charge on any atom is -0.454 e. The first-order valence-corrected chi connectivity index (χ1v) is 11.2. The lowest BCUT2D eigenvalue weighted by Crippen LogP contribution is -2.43. The van der Waals surface area contributed by atoms with Crippen molar-refractivity contribution in [2.75, 3.05) is 44.9 Å². The van der Waals surface area contributed by atoms with E-state index < -0.39 is 0 Å². The van der Waals surface area contributed by atoms with Gasteiger partial charge in [-0.3, -0.25) is 19.3 Å². The van der Waals surface area contributed by atoms with Crippen LogP contribution in [0.3, 0.4) is 0 Å². The Morgan fingerprint density at radius 3 is 2.50 bits per heavy atom. The molecular formula is C23H33N3O6. The van der Waals surface area contributed by atoms with Gasteiger partial charge in [0.1, 0.15) is 0 Å². The van der Waals surface area contributed by atoms with Gasteiger partial charge in [-0.1, -0.05) is 0 Å². The van der Waals surface area contributed by atoms with E-state index in [1.807, 2.05) is 18.7 Å². The van der Waals surface area contributed by atoms with Crippen LogP contribution in [0.1, 0.15) is 50.4 Å². The Morgan fingerprint density at radius 1 is 1.16 bits per heavy atom. The van der Waals surface area contributed by atoms with Gasteiger partial charge in [0.2, 0.25) is 18.6 Å². The molecule has 2 N–H and O–H groups in total. The molecule has 0 unspecified atom stereocenters. The topological polar surface area (TPSA) is 106 Å². The summed E-state index contributed by atoms with van der Waals surface area (Å²) in [5.74, 6) is 0.679. The molecule has 0 aromatic heterocycles. The average Bonchev–Trinajstić information content (AvgIpc) is 3.20. The molecule has 1 aromatic carbocycles. The van der Waals surface area contributed by atoms with Crippen LogP contribution in [0.4, 0.5) is 5.69 Å². The van der Waals surface area contributed by atoms with Gasteiger partial charge in [-0.05, 0) is 59.2 Å². The molecule has 3 rings (SSSR count). The molecule has 0 radical (unpaired) electrons. The van der Waals surface area contributed by atoms with Gasteiger partial charge in [-0.25, -0.2) is 0 Å². The van der Waals surface area contributed by atoms with Gasteiger partial charge in [0.15, 0.2) is 17.3 Å². The Morgan fingerprint density at radius 2 is 1.84 bits per heavy atom. The van der Waals surface area contributed by atoms with Crippen molar-refractivity contribution in [3.05, 3.63) is 17.7 Å². The highest BCUT2D eigenvalue weighted by molar-refractivity contribution is 6.05. The van der Waals surface area contributed by atoms with Crippen LogP contribution in [0.5, 0.6) is 11.5 Å². The van der Waals surface area contributed by atoms with Crippen LogP contribution in [0.2, 0.25) is 0 Å². The quantitative estimate of drug-likeness (QED) is 0.418. The van der Waals surface area contributed by atoms with Crippen molar-refractivity contribution in [2.45, 2.75) is 46.1 Å². The third-order valence-electron chi connectivity index (χ3n) is 5.56. The molecule has 2 amide bonds.